The monoisotopic (exact) mass is 250 g/mol. The summed E-state index contributed by atoms with van der Waals surface area (Å²) in [4.78, 5) is 3.84. The van der Waals surface area contributed by atoms with Gasteiger partial charge in [-0.15, -0.1) is 0 Å². The largest absolute Gasteiger partial charge is 0.491 e. The molecule has 0 bridgehead atoms. The maximum absolute atomic E-state index is 5.83. The molecule has 66 valence electrons. The summed E-state index contributed by atoms with van der Waals surface area (Å²) in [5, 5.41) is 0.353. The quantitative estimate of drug-likeness (QED) is 0.878. The Bertz CT molecular complexity index is 293. The molecule has 0 saturated carbocycles. The number of nitrogens with two attached hydrogens (primary N) is 1. The van der Waals surface area contributed by atoms with Gasteiger partial charge in [0.1, 0.15) is 10.8 Å². The second kappa shape index (κ2) is 3.96. The van der Waals surface area contributed by atoms with Gasteiger partial charge in [0, 0.05) is 6.20 Å². The van der Waals surface area contributed by atoms with Gasteiger partial charge in [-0.25, -0.2) is 4.98 Å². The van der Waals surface area contributed by atoms with E-state index in [1.165, 1.54) is 0 Å². The van der Waals surface area contributed by atoms with Crippen LogP contribution < -0.4 is 10.5 Å². The topological polar surface area (TPSA) is 48.1 Å². The maximum atomic E-state index is 5.83. The van der Waals surface area contributed by atoms with Gasteiger partial charge < -0.3 is 10.5 Å². The smallest absolute Gasteiger partial charge is 0.157 e. The summed E-state index contributed by atoms with van der Waals surface area (Å²) < 4.78 is 5.96. The zero-order valence-corrected chi connectivity index (χ0v) is 8.82. The molecule has 0 aromatic carbocycles. The molecular weight excluding hydrogens is 243 g/mol. The Morgan fingerprint density at radius 3 is 3.00 bits per heavy atom. The van der Waals surface area contributed by atoms with E-state index in [0.29, 0.717) is 21.9 Å². The van der Waals surface area contributed by atoms with E-state index < -0.39 is 0 Å². The van der Waals surface area contributed by atoms with Crippen LogP contribution in [-0.2, 0) is 0 Å². The number of halogens is 2. The number of nitrogen functional groups attached to an aromatic ring is 1. The third-order valence-corrected chi connectivity index (χ3v) is 2.18. The third-order valence-electron chi connectivity index (χ3n) is 1.25. The summed E-state index contributed by atoms with van der Waals surface area (Å²) in [5.74, 6) is 0.829. The molecule has 3 nitrogen and oxygen atoms in total. The Balaban J connectivity index is 3.14. The number of hydrogen-bond acceptors (Lipinski definition) is 3. The lowest BCUT2D eigenvalue weighted by atomic mass is 10.4. The van der Waals surface area contributed by atoms with Crippen molar-refractivity contribution in [2.45, 2.75) is 6.92 Å². The first kappa shape index (κ1) is 9.61. The number of aromatic nitrogens is 1. The van der Waals surface area contributed by atoms with E-state index in [4.69, 9.17) is 22.1 Å². The predicted octanol–water partition coefficient (Wildman–Crippen LogP) is 2.48. The van der Waals surface area contributed by atoms with Crippen molar-refractivity contribution in [2.24, 2.45) is 0 Å². The lowest BCUT2D eigenvalue weighted by Crippen LogP contribution is -1.98. The van der Waals surface area contributed by atoms with Crippen molar-refractivity contribution in [1.29, 1.82) is 0 Å². The average Bonchev–Trinajstić information content (AvgIpc) is 2.06. The highest BCUT2D eigenvalue weighted by atomic mass is 79.9. The first-order valence-corrected chi connectivity index (χ1v) is 4.56. The Hall–Kier alpha value is -0.480. The maximum Gasteiger partial charge on any atom is 0.157 e. The van der Waals surface area contributed by atoms with Crippen LogP contribution in [0.5, 0.6) is 5.75 Å². The van der Waals surface area contributed by atoms with Crippen LogP contribution in [0.3, 0.4) is 0 Å². The molecule has 5 heteroatoms. The highest BCUT2D eigenvalue weighted by Gasteiger charge is 2.09. The summed E-state index contributed by atoms with van der Waals surface area (Å²) in [6.07, 6.45) is 1.56. The second-order valence-electron chi connectivity index (χ2n) is 2.07. The summed E-state index contributed by atoms with van der Waals surface area (Å²) in [6.45, 7) is 2.42. The van der Waals surface area contributed by atoms with Gasteiger partial charge in [0.15, 0.2) is 5.75 Å². The molecule has 1 aromatic heterocycles. The Morgan fingerprint density at radius 1 is 1.75 bits per heavy atom. The van der Waals surface area contributed by atoms with Gasteiger partial charge in [-0.2, -0.15) is 0 Å². The minimum atomic E-state index is 0.281. The molecule has 0 unspecified atom stereocenters. The highest BCUT2D eigenvalue weighted by Crippen LogP contribution is 2.35. The number of anilines is 1. The fourth-order valence-corrected chi connectivity index (χ4v) is 1.47. The number of ether oxygens (including phenoxy) is 1. The predicted molar refractivity (Wildman–Crippen MR) is 52.5 cm³/mol. The zero-order valence-electron chi connectivity index (χ0n) is 6.47. The summed E-state index contributed by atoms with van der Waals surface area (Å²) in [5.41, 5.74) is 5.48. The van der Waals surface area contributed by atoms with Gasteiger partial charge in [-0.1, -0.05) is 11.6 Å². The molecule has 1 aromatic rings. The molecule has 1 heterocycles. The van der Waals surface area contributed by atoms with Crippen molar-refractivity contribution in [3.8, 4) is 5.75 Å². The van der Waals surface area contributed by atoms with Gasteiger partial charge in [-0.3, -0.25) is 0 Å². The fraction of sp³-hybridized carbons (Fsp3) is 0.286. The molecule has 0 aliphatic rings. The van der Waals surface area contributed by atoms with Crippen molar-refractivity contribution in [3.63, 3.8) is 0 Å². The van der Waals surface area contributed by atoms with Gasteiger partial charge in [-0.05, 0) is 22.9 Å². The fourth-order valence-electron chi connectivity index (χ4n) is 0.739. The second-order valence-corrected chi connectivity index (χ2v) is 3.30. The van der Waals surface area contributed by atoms with Crippen molar-refractivity contribution < 1.29 is 4.74 Å². The third kappa shape index (κ3) is 1.81. The van der Waals surface area contributed by atoms with Crippen LogP contribution in [0, 0.1) is 0 Å². The van der Waals surface area contributed by atoms with Crippen LogP contribution in [0.2, 0.25) is 5.02 Å². The van der Waals surface area contributed by atoms with Crippen molar-refractivity contribution in [1.82, 2.24) is 4.98 Å². The van der Waals surface area contributed by atoms with Crippen LogP contribution >= 0.6 is 27.5 Å². The van der Waals surface area contributed by atoms with E-state index >= 15 is 0 Å². The van der Waals surface area contributed by atoms with Crippen LogP contribution in [-0.4, -0.2) is 11.6 Å². The lowest BCUT2D eigenvalue weighted by Gasteiger charge is -2.08. The van der Waals surface area contributed by atoms with Crippen molar-refractivity contribution >= 4 is 33.3 Å². The molecule has 0 radical (unpaired) electrons. The van der Waals surface area contributed by atoms with Crippen LogP contribution in [0.25, 0.3) is 0 Å². The molecule has 1 rings (SSSR count). The van der Waals surface area contributed by atoms with Gasteiger partial charge in [0.05, 0.1) is 11.1 Å². The van der Waals surface area contributed by atoms with Gasteiger partial charge >= 0.3 is 0 Å². The molecule has 0 atom stereocenters. The molecule has 0 fully saturated rings. The van der Waals surface area contributed by atoms with Crippen LogP contribution in [0.15, 0.2) is 10.7 Å². The SMILES string of the molecule is CCOc1c(Br)cnc(N)c1Cl. The molecular formula is C7H8BrClN2O. The van der Waals surface area contributed by atoms with E-state index in [9.17, 15) is 0 Å². The Morgan fingerprint density at radius 2 is 2.42 bits per heavy atom. The van der Waals surface area contributed by atoms with E-state index in [-0.39, 0.29) is 5.82 Å². The summed E-state index contributed by atoms with van der Waals surface area (Å²) in [6, 6.07) is 0. The summed E-state index contributed by atoms with van der Waals surface area (Å²) >= 11 is 9.09. The molecule has 0 aliphatic heterocycles. The zero-order chi connectivity index (χ0) is 9.14. The number of rotatable bonds is 2. The first-order valence-electron chi connectivity index (χ1n) is 3.39. The highest BCUT2D eigenvalue weighted by molar-refractivity contribution is 9.10. The normalized spacial score (nSPS) is 9.92. The van der Waals surface area contributed by atoms with E-state index in [1.54, 1.807) is 6.20 Å². The number of nitrogens with zero attached hydrogens (tertiary/aromatic N) is 1. The Labute approximate surface area is 84.0 Å². The van der Waals surface area contributed by atoms with E-state index in [0.717, 1.165) is 0 Å². The van der Waals surface area contributed by atoms with Crippen molar-refractivity contribution in [3.05, 3.63) is 15.7 Å². The lowest BCUT2D eigenvalue weighted by molar-refractivity contribution is 0.338. The van der Waals surface area contributed by atoms with Gasteiger partial charge in [0.2, 0.25) is 0 Å². The van der Waals surface area contributed by atoms with Gasteiger partial charge in [0.25, 0.3) is 0 Å². The average molecular weight is 252 g/mol. The van der Waals surface area contributed by atoms with E-state index in [2.05, 4.69) is 20.9 Å². The van der Waals surface area contributed by atoms with Crippen LogP contribution in [0.1, 0.15) is 6.92 Å². The molecule has 0 amide bonds. The molecule has 0 saturated heterocycles. The minimum Gasteiger partial charge on any atom is -0.491 e. The van der Waals surface area contributed by atoms with E-state index in [1.807, 2.05) is 6.92 Å². The molecule has 0 aliphatic carbocycles. The van der Waals surface area contributed by atoms with Crippen LogP contribution in [0.4, 0.5) is 5.82 Å². The minimum absolute atomic E-state index is 0.281. The first-order chi connectivity index (χ1) is 5.66. The number of pyridine rings is 1. The molecule has 2 N–H and O–H groups in total. The van der Waals surface area contributed by atoms with Crippen molar-refractivity contribution in [2.75, 3.05) is 12.3 Å². The number of hydrogen-bond donors (Lipinski definition) is 1. The molecule has 0 spiro atoms. The standard InChI is InChI=1S/C7H8BrClN2O/c1-2-12-6-4(8)3-11-7(10)5(6)9/h3H,2H2,1H3,(H2,10,11). The molecule has 12 heavy (non-hydrogen) atoms. The summed E-state index contributed by atoms with van der Waals surface area (Å²) in [7, 11) is 0. The Kier molecular flexibility index (Phi) is 3.17.